The van der Waals surface area contributed by atoms with Crippen LogP contribution in [0.3, 0.4) is 0 Å². The summed E-state index contributed by atoms with van der Waals surface area (Å²) in [6.45, 7) is 1.67. The maximum atomic E-state index is 12.7. The first kappa shape index (κ1) is 10.3. The molecule has 0 bridgehead atoms. The lowest BCUT2D eigenvalue weighted by molar-refractivity contribution is -0.137. The molecule has 1 aromatic carbocycles. The Balaban J connectivity index is 2.54. The van der Waals surface area contributed by atoms with Crippen molar-refractivity contribution in [3.63, 3.8) is 0 Å². The van der Waals surface area contributed by atoms with Gasteiger partial charge in [0, 0.05) is 0 Å². The Morgan fingerprint density at radius 3 is 2.33 bits per heavy atom. The lowest BCUT2D eigenvalue weighted by Crippen LogP contribution is -2.10. The van der Waals surface area contributed by atoms with Crippen LogP contribution < -0.4 is 0 Å². The van der Waals surface area contributed by atoms with E-state index in [9.17, 15) is 13.2 Å². The zero-order chi connectivity index (χ0) is 11.1. The zero-order valence-electron chi connectivity index (χ0n) is 8.36. The highest BCUT2D eigenvalue weighted by Gasteiger charge is 2.34. The molecule has 0 N–H and O–H groups in total. The Kier molecular flexibility index (Phi) is 2.33. The van der Waals surface area contributed by atoms with Crippen LogP contribution >= 0.6 is 0 Å². The molecule has 2 rings (SSSR count). The fraction of sp³-hybridized carbons (Fsp3) is 0.333. The van der Waals surface area contributed by atoms with E-state index in [4.69, 9.17) is 0 Å². The minimum Gasteiger partial charge on any atom is -0.166 e. The highest BCUT2D eigenvalue weighted by molar-refractivity contribution is 5.72. The molecular formula is C12H11F3. The first-order chi connectivity index (χ1) is 6.98. The van der Waals surface area contributed by atoms with E-state index in [1.165, 1.54) is 6.07 Å². The summed E-state index contributed by atoms with van der Waals surface area (Å²) >= 11 is 0. The SMILES string of the molecule is Cc1ccc(C2=CCC2)c(C(F)(F)F)c1. The van der Waals surface area contributed by atoms with Crippen molar-refractivity contribution in [2.24, 2.45) is 0 Å². The van der Waals surface area contributed by atoms with Crippen LogP contribution in [0.4, 0.5) is 13.2 Å². The number of benzene rings is 1. The molecule has 15 heavy (non-hydrogen) atoms. The maximum Gasteiger partial charge on any atom is 0.417 e. The quantitative estimate of drug-likeness (QED) is 0.654. The molecule has 0 saturated carbocycles. The van der Waals surface area contributed by atoms with Gasteiger partial charge in [-0.1, -0.05) is 23.8 Å². The molecular weight excluding hydrogens is 201 g/mol. The van der Waals surface area contributed by atoms with Crippen molar-refractivity contribution in [1.29, 1.82) is 0 Å². The molecule has 1 aromatic rings. The summed E-state index contributed by atoms with van der Waals surface area (Å²) in [5, 5.41) is 0. The van der Waals surface area contributed by atoms with Crippen molar-refractivity contribution in [3.05, 3.63) is 41.0 Å². The first-order valence-electron chi connectivity index (χ1n) is 4.86. The molecule has 80 valence electrons. The third kappa shape index (κ3) is 1.91. The second kappa shape index (κ2) is 3.40. The molecule has 0 spiro atoms. The van der Waals surface area contributed by atoms with Gasteiger partial charge in [0.05, 0.1) is 5.56 Å². The molecule has 0 atom stereocenters. The lowest BCUT2D eigenvalue weighted by atomic mass is 9.88. The standard InChI is InChI=1S/C12H11F3/c1-8-5-6-10(9-3-2-4-9)11(7-8)12(13,14)15/h3,5-7H,2,4H2,1H3. The number of allylic oxidation sites excluding steroid dienone is 2. The molecule has 0 radical (unpaired) electrons. The van der Waals surface area contributed by atoms with Crippen LogP contribution in [0.2, 0.25) is 0 Å². The molecule has 0 unspecified atom stereocenters. The van der Waals surface area contributed by atoms with E-state index in [0.717, 1.165) is 18.4 Å². The molecule has 3 heteroatoms. The minimum atomic E-state index is -4.25. The van der Waals surface area contributed by atoms with E-state index in [2.05, 4.69) is 0 Å². The van der Waals surface area contributed by atoms with Gasteiger partial charge in [0.1, 0.15) is 0 Å². The van der Waals surface area contributed by atoms with Gasteiger partial charge in [0.25, 0.3) is 0 Å². The van der Waals surface area contributed by atoms with Gasteiger partial charge in [0.15, 0.2) is 0 Å². The summed E-state index contributed by atoms with van der Waals surface area (Å²) in [4.78, 5) is 0. The monoisotopic (exact) mass is 212 g/mol. The van der Waals surface area contributed by atoms with Gasteiger partial charge < -0.3 is 0 Å². The largest absolute Gasteiger partial charge is 0.417 e. The second-order valence-electron chi connectivity index (χ2n) is 3.81. The molecule has 0 saturated heterocycles. The number of hydrogen-bond donors (Lipinski definition) is 0. The Morgan fingerprint density at radius 2 is 1.87 bits per heavy atom. The van der Waals surface area contributed by atoms with Gasteiger partial charge in [-0.25, -0.2) is 0 Å². The normalized spacial score (nSPS) is 15.9. The van der Waals surface area contributed by atoms with Crippen molar-refractivity contribution >= 4 is 5.57 Å². The molecule has 1 aliphatic rings. The number of hydrogen-bond acceptors (Lipinski definition) is 0. The fourth-order valence-electron chi connectivity index (χ4n) is 1.71. The topological polar surface area (TPSA) is 0 Å². The number of halogens is 3. The van der Waals surface area contributed by atoms with Crippen molar-refractivity contribution in [2.75, 3.05) is 0 Å². The number of rotatable bonds is 1. The van der Waals surface area contributed by atoms with Gasteiger partial charge in [-0.2, -0.15) is 13.2 Å². The Labute approximate surface area is 86.4 Å². The molecule has 0 heterocycles. The average Bonchev–Trinajstić information content (AvgIpc) is 2.03. The van der Waals surface area contributed by atoms with Crippen molar-refractivity contribution in [1.82, 2.24) is 0 Å². The third-order valence-electron chi connectivity index (χ3n) is 2.63. The number of aryl methyl sites for hydroxylation is 1. The smallest absolute Gasteiger partial charge is 0.166 e. The van der Waals surface area contributed by atoms with Crippen LogP contribution in [0.15, 0.2) is 24.3 Å². The summed E-state index contributed by atoms with van der Waals surface area (Å²) in [5.74, 6) is 0. The predicted octanol–water partition coefficient (Wildman–Crippen LogP) is 4.19. The molecule has 0 fully saturated rings. The summed E-state index contributed by atoms with van der Waals surface area (Å²) in [6, 6.07) is 4.52. The average molecular weight is 212 g/mol. The Hall–Kier alpha value is -1.25. The summed E-state index contributed by atoms with van der Waals surface area (Å²) in [7, 11) is 0. The zero-order valence-corrected chi connectivity index (χ0v) is 8.36. The van der Waals surface area contributed by atoms with Crippen molar-refractivity contribution in [3.8, 4) is 0 Å². The predicted molar refractivity (Wildman–Crippen MR) is 53.4 cm³/mol. The maximum absolute atomic E-state index is 12.7. The third-order valence-corrected chi connectivity index (χ3v) is 2.63. The second-order valence-corrected chi connectivity index (χ2v) is 3.81. The molecule has 0 nitrogen and oxygen atoms in total. The molecule has 0 amide bonds. The van der Waals surface area contributed by atoms with E-state index < -0.39 is 11.7 Å². The fourth-order valence-corrected chi connectivity index (χ4v) is 1.71. The van der Waals surface area contributed by atoms with Gasteiger partial charge in [-0.05, 0) is 37.0 Å². The first-order valence-corrected chi connectivity index (χ1v) is 4.86. The van der Waals surface area contributed by atoms with Crippen LogP contribution in [0, 0.1) is 6.92 Å². The summed E-state index contributed by atoms with van der Waals surface area (Å²) in [6.07, 6.45) is -0.746. The minimum absolute atomic E-state index is 0.347. The van der Waals surface area contributed by atoms with Gasteiger partial charge in [-0.3, -0.25) is 0 Å². The van der Waals surface area contributed by atoms with E-state index in [1.807, 2.05) is 6.08 Å². The van der Waals surface area contributed by atoms with Crippen LogP contribution in [0.25, 0.3) is 5.57 Å². The van der Waals surface area contributed by atoms with Gasteiger partial charge >= 0.3 is 6.18 Å². The van der Waals surface area contributed by atoms with Crippen LogP contribution in [-0.2, 0) is 6.18 Å². The Bertz CT molecular complexity index is 413. The van der Waals surface area contributed by atoms with Crippen molar-refractivity contribution in [2.45, 2.75) is 25.9 Å². The van der Waals surface area contributed by atoms with E-state index in [1.54, 1.807) is 19.1 Å². The number of alkyl halides is 3. The van der Waals surface area contributed by atoms with Gasteiger partial charge in [-0.15, -0.1) is 0 Å². The summed E-state index contributed by atoms with van der Waals surface area (Å²) in [5.41, 5.74) is 1.31. The van der Waals surface area contributed by atoms with Crippen molar-refractivity contribution < 1.29 is 13.2 Å². The molecule has 0 aromatic heterocycles. The highest BCUT2D eigenvalue weighted by Crippen LogP contribution is 2.39. The Morgan fingerprint density at radius 1 is 1.20 bits per heavy atom. The van der Waals surface area contributed by atoms with E-state index in [-0.39, 0.29) is 0 Å². The van der Waals surface area contributed by atoms with Crippen LogP contribution in [-0.4, -0.2) is 0 Å². The summed E-state index contributed by atoms with van der Waals surface area (Å²) < 4.78 is 38.2. The van der Waals surface area contributed by atoms with E-state index in [0.29, 0.717) is 11.1 Å². The van der Waals surface area contributed by atoms with Crippen LogP contribution in [0.5, 0.6) is 0 Å². The lowest BCUT2D eigenvalue weighted by Gasteiger charge is -2.20. The highest BCUT2D eigenvalue weighted by atomic mass is 19.4. The molecule has 0 aliphatic heterocycles. The molecule has 1 aliphatic carbocycles. The van der Waals surface area contributed by atoms with Crippen LogP contribution in [0.1, 0.15) is 29.5 Å². The van der Waals surface area contributed by atoms with E-state index >= 15 is 0 Å². The van der Waals surface area contributed by atoms with Gasteiger partial charge in [0.2, 0.25) is 0 Å².